The number of hydrogen-bond donors (Lipinski definition) is 7. The Morgan fingerprint density at radius 3 is 1.50 bits per heavy atom. The number of aliphatic hydroxyl groups excluding tert-OH is 1. The Labute approximate surface area is 453 Å². The normalized spacial score (nSPS) is 41.7. The first-order valence-corrected chi connectivity index (χ1v) is 33.0. The zero-order chi connectivity index (χ0) is 54.8. The van der Waals surface area contributed by atoms with Gasteiger partial charge in [0.05, 0.1) is 17.6 Å². The molecule has 0 radical (unpaired) electrons. The predicted molar refractivity (Wildman–Crippen MR) is 288 cm³/mol. The minimum Gasteiger partial charge on any atom is -0.393 e. The number of aliphatic hydroxyl groups is 1. The van der Waals surface area contributed by atoms with Crippen molar-refractivity contribution < 1.29 is 50.2 Å². The van der Waals surface area contributed by atoms with Gasteiger partial charge in [-0.1, -0.05) is 41.5 Å². The molecule has 0 saturated heterocycles. The van der Waals surface area contributed by atoms with Crippen LogP contribution in [0.1, 0.15) is 189 Å². The highest BCUT2D eigenvalue weighted by Gasteiger charge is 2.71. The molecule has 2 unspecified atom stereocenters. The fourth-order valence-electron chi connectivity index (χ4n) is 19.9. The minimum atomic E-state index is -4.12. The third kappa shape index (κ3) is 11.7. The molecule has 19 atom stereocenters. The van der Waals surface area contributed by atoms with E-state index in [0.717, 1.165) is 109 Å². The van der Waals surface area contributed by atoms with Crippen molar-refractivity contribution in [2.75, 3.05) is 24.6 Å². The molecule has 4 amide bonds. The number of carbonyl (C=O) groups is 4. The van der Waals surface area contributed by atoms with Gasteiger partial charge in [-0.25, -0.2) is 0 Å². The van der Waals surface area contributed by atoms with Crippen LogP contribution in [0.25, 0.3) is 0 Å². The van der Waals surface area contributed by atoms with Crippen LogP contribution < -0.4 is 21.3 Å². The summed E-state index contributed by atoms with van der Waals surface area (Å²) in [7, 11) is -8.24. The number of rotatable bonds is 20. The van der Waals surface area contributed by atoms with E-state index in [1.54, 1.807) is 0 Å². The summed E-state index contributed by atoms with van der Waals surface area (Å²) in [6.07, 6.45) is 19.2. The highest BCUT2D eigenvalue weighted by Crippen LogP contribution is 2.73. The Balaban J connectivity index is 0.699. The number of amides is 4. The van der Waals surface area contributed by atoms with E-state index in [0.29, 0.717) is 104 Å². The van der Waals surface area contributed by atoms with Gasteiger partial charge in [-0.15, -0.1) is 0 Å². The van der Waals surface area contributed by atoms with Crippen LogP contribution in [-0.4, -0.2) is 103 Å². The lowest BCUT2D eigenvalue weighted by molar-refractivity contribution is -0.167. The standard InChI is InChI=1S/C57H94N6O11S2/c1-34(10-16-47(65)58-26-28-75(69,70)71)40-12-14-42-51-43(20-24-55(40,42)5)53(3)22-18-38(30-36(53)32-46(51)64)60-49(67)8-7-9-50(68)61-39-19-23-54(4)37(31-39)33-57(62-63-57)52-44-15-13-41(56(44,6)25-21-45(52)54)35(2)11-17-48(66)59-27-29-76(72,73)74/h34-46,51-52,64H,7-33H2,1-6H3,(H,58,65)(H,59,66)(H,60,67)(H,61,68)(H,69,70,71)(H,72,73,74)/t34-,35-,36?,37?,38-,39-,40-,41-,42+,43+,44+,45+,46+,51+,52+,53+,54+,55-,56-/m1/s1. The SMILES string of the molecule is C[C@H](CCC(=O)NCCS(=O)(=O)O)[C@H]1CC[C@H]2[C@@H]3[C@@H](O)CC4C[C@H](NC(=O)CCCC(=O)N[C@@H]5CC[C@@]6(C)C(C5)CC5(N=N5)[C@H]5[C@@H]7CC[C@H]([C@H](C)CCC(=O)NCCS(=O)(=O)O)[C@@]7(C)CC[C@@H]56)CC[C@]4(C)[C@H]3CC[C@]12C. The van der Waals surface area contributed by atoms with Crippen LogP contribution in [0.15, 0.2) is 10.2 Å². The van der Waals surface area contributed by atoms with Gasteiger partial charge in [-0.2, -0.15) is 27.1 Å². The van der Waals surface area contributed by atoms with Crippen molar-refractivity contribution in [3.05, 3.63) is 0 Å². The first-order valence-electron chi connectivity index (χ1n) is 29.8. The summed E-state index contributed by atoms with van der Waals surface area (Å²) in [4.78, 5) is 52.0. The van der Waals surface area contributed by atoms with Crippen molar-refractivity contribution >= 4 is 43.9 Å². The molecule has 9 rings (SSSR count). The van der Waals surface area contributed by atoms with Crippen molar-refractivity contribution in [3.63, 3.8) is 0 Å². The average molecular weight is 1100 g/mol. The van der Waals surface area contributed by atoms with E-state index in [-0.39, 0.29) is 88.1 Å². The van der Waals surface area contributed by atoms with Crippen LogP contribution in [0.5, 0.6) is 0 Å². The molecule has 0 aromatic carbocycles. The van der Waals surface area contributed by atoms with E-state index in [1.165, 1.54) is 0 Å². The van der Waals surface area contributed by atoms with Gasteiger partial charge in [-0.3, -0.25) is 28.3 Å². The van der Waals surface area contributed by atoms with Crippen molar-refractivity contribution in [3.8, 4) is 0 Å². The number of nitrogens with one attached hydrogen (secondary N) is 4. The van der Waals surface area contributed by atoms with E-state index in [4.69, 9.17) is 19.3 Å². The van der Waals surface area contributed by atoms with Crippen LogP contribution in [0.4, 0.5) is 0 Å². The Hall–Kier alpha value is -2.74. The maximum Gasteiger partial charge on any atom is 0.266 e. The lowest BCUT2D eigenvalue weighted by atomic mass is 9.42. The zero-order valence-corrected chi connectivity index (χ0v) is 48.2. The van der Waals surface area contributed by atoms with Gasteiger partial charge in [0.2, 0.25) is 23.6 Å². The first-order chi connectivity index (χ1) is 35.7. The maximum atomic E-state index is 13.5. The number of hydrogen-bond acceptors (Lipinski definition) is 11. The quantitative estimate of drug-likeness (QED) is 0.0574. The average Bonchev–Trinajstić information content (AvgIpc) is 3.96. The van der Waals surface area contributed by atoms with Gasteiger partial charge in [0, 0.05) is 63.2 Å². The molecule has 1 spiro atoms. The smallest absolute Gasteiger partial charge is 0.266 e. The summed E-state index contributed by atoms with van der Waals surface area (Å²) >= 11 is 0. The Bertz CT molecular complexity index is 2440. The molecule has 8 fully saturated rings. The topological polar surface area (TPSA) is 270 Å². The predicted octanol–water partition coefficient (Wildman–Crippen LogP) is 8.03. The molecule has 1 heterocycles. The molecular weight excluding hydrogens is 1010 g/mol. The van der Waals surface area contributed by atoms with Gasteiger partial charge >= 0.3 is 0 Å². The van der Waals surface area contributed by atoms with Crippen LogP contribution in [0.2, 0.25) is 0 Å². The summed E-state index contributed by atoms with van der Waals surface area (Å²) in [6.45, 7) is 14.2. The summed E-state index contributed by atoms with van der Waals surface area (Å²) in [5, 5.41) is 33.8. The Kier molecular flexibility index (Phi) is 16.7. The molecule has 1 aliphatic heterocycles. The van der Waals surface area contributed by atoms with E-state index in [1.807, 2.05) is 0 Å². The van der Waals surface area contributed by atoms with Crippen molar-refractivity contribution in [2.24, 2.45) is 103 Å². The third-order valence-corrected chi connectivity index (χ3v) is 25.3. The summed E-state index contributed by atoms with van der Waals surface area (Å²) in [5.74, 6) is 3.57. The van der Waals surface area contributed by atoms with Crippen LogP contribution in [0.3, 0.4) is 0 Å². The van der Waals surface area contributed by atoms with Gasteiger partial charge in [0.1, 0.15) is 0 Å². The second kappa shape index (κ2) is 22.0. The molecule has 9 aliphatic rings. The number of fused-ring (bicyclic) bond motifs is 11. The van der Waals surface area contributed by atoms with Gasteiger partial charge in [0.25, 0.3) is 20.2 Å². The lowest BCUT2D eigenvalue weighted by Crippen LogP contribution is -2.60. The molecule has 17 nitrogen and oxygen atoms in total. The van der Waals surface area contributed by atoms with Crippen molar-refractivity contribution in [1.29, 1.82) is 0 Å². The maximum absolute atomic E-state index is 13.5. The third-order valence-electron chi connectivity index (χ3n) is 23.8. The summed E-state index contributed by atoms with van der Waals surface area (Å²) in [5.41, 5.74) is 0.167. The molecule has 8 saturated carbocycles. The molecule has 0 bridgehead atoms. The van der Waals surface area contributed by atoms with E-state index in [2.05, 4.69) is 62.8 Å². The second-order valence-corrected chi connectivity index (χ2v) is 30.9. The minimum absolute atomic E-state index is 0.00344. The highest BCUT2D eigenvalue weighted by atomic mass is 32.2. The molecule has 76 heavy (non-hydrogen) atoms. The molecule has 19 heteroatoms. The zero-order valence-electron chi connectivity index (χ0n) is 46.6. The van der Waals surface area contributed by atoms with Gasteiger partial charge in [0.15, 0.2) is 5.66 Å². The number of carbonyl (C=O) groups excluding carboxylic acids is 4. The molecule has 7 N–H and O–H groups in total. The first kappa shape index (κ1) is 57.9. The highest BCUT2D eigenvalue weighted by molar-refractivity contribution is 7.86. The number of nitrogens with zero attached hydrogens (tertiary/aromatic N) is 2. The molecule has 0 aromatic heterocycles. The summed E-state index contributed by atoms with van der Waals surface area (Å²) < 4.78 is 62.3. The molecular formula is C57H94N6O11S2. The van der Waals surface area contributed by atoms with E-state index < -0.39 is 31.7 Å². The largest absolute Gasteiger partial charge is 0.393 e. The molecule has 0 aromatic rings. The monoisotopic (exact) mass is 1100 g/mol. The Morgan fingerprint density at radius 1 is 0.553 bits per heavy atom. The van der Waals surface area contributed by atoms with Crippen LogP contribution in [0, 0.1) is 92.7 Å². The molecule has 430 valence electrons. The lowest BCUT2D eigenvalue weighted by Gasteiger charge is -2.62. The van der Waals surface area contributed by atoms with Crippen molar-refractivity contribution in [2.45, 2.75) is 213 Å². The van der Waals surface area contributed by atoms with Gasteiger partial charge in [-0.05, 0) is 202 Å². The Morgan fingerprint density at radius 2 is 0.987 bits per heavy atom. The van der Waals surface area contributed by atoms with Crippen LogP contribution >= 0.6 is 0 Å². The van der Waals surface area contributed by atoms with E-state index >= 15 is 0 Å². The van der Waals surface area contributed by atoms with Crippen LogP contribution in [-0.2, 0) is 39.4 Å². The second-order valence-electron chi connectivity index (χ2n) is 27.7. The van der Waals surface area contributed by atoms with E-state index in [9.17, 15) is 41.1 Å². The fourth-order valence-corrected chi connectivity index (χ4v) is 20.6. The van der Waals surface area contributed by atoms with Gasteiger partial charge < -0.3 is 26.4 Å². The fraction of sp³-hybridized carbons (Fsp3) is 0.930. The van der Waals surface area contributed by atoms with Crippen molar-refractivity contribution in [1.82, 2.24) is 21.3 Å². The molecule has 8 aliphatic carbocycles. The summed E-state index contributed by atoms with van der Waals surface area (Å²) in [6, 6.07) is 0.166.